The molecule has 6 nitrogen and oxygen atoms in total. The number of nitrogens with two attached hydrogens (primary N) is 1. The standard InChI is InChI=1S/C4H6N4O2/c5-2(9)1-3-6-4(10)8-7-3/h1H2,(H2,5,9)(H2,6,7,8,10). The first-order valence-corrected chi connectivity index (χ1v) is 2.60. The van der Waals surface area contributed by atoms with Crippen LogP contribution in [0.15, 0.2) is 4.79 Å². The summed E-state index contributed by atoms with van der Waals surface area (Å²) in [5, 5.41) is 5.57. The molecule has 1 aromatic rings. The Morgan fingerprint density at radius 3 is 2.80 bits per heavy atom. The van der Waals surface area contributed by atoms with E-state index >= 15 is 0 Å². The van der Waals surface area contributed by atoms with Crippen LogP contribution in [0.5, 0.6) is 0 Å². The van der Waals surface area contributed by atoms with E-state index in [1.165, 1.54) is 0 Å². The fourth-order valence-corrected chi connectivity index (χ4v) is 0.554. The van der Waals surface area contributed by atoms with Gasteiger partial charge >= 0.3 is 5.69 Å². The number of amides is 1. The fraction of sp³-hybridized carbons (Fsp3) is 0.250. The van der Waals surface area contributed by atoms with Gasteiger partial charge in [-0.15, -0.1) is 0 Å². The number of H-pyrrole nitrogens is 2. The molecule has 0 spiro atoms. The van der Waals surface area contributed by atoms with Crippen molar-refractivity contribution >= 4 is 5.91 Å². The zero-order chi connectivity index (χ0) is 7.56. The summed E-state index contributed by atoms with van der Waals surface area (Å²) in [4.78, 5) is 22.9. The largest absolute Gasteiger partial charge is 0.369 e. The van der Waals surface area contributed by atoms with Crippen molar-refractivity contribution in [3.8, 4) is 0 Å². The molecule has 1 rings (SSSR count). The van der Waals surface area contributed by atoms with Crippen molar-refractivity contribution in [3.05, 3.63) is 16.3 Å². The van der Waals surface area contributed by atoms with E-state index in [0.717, 1.165) is 0 Å². The van der Waals surface area contributed by atoms with Gasteiger partial charge in [0.2, 0.25) is 5.91 Å². The van der Waals surface area contributed by atoms with Gasteiger partial charge in [-0.05, 0) is 0 Å². The number of aromatic nitrogens is 3. The zero-order valence-electron chi connectivity index (χ0n) is 5.05. The molecule has 6 heteroatoms. The Morgan fingerprint density at radius 1 is 1.70 bits per heavy atom. The van der Waals surface area contributed by atoms with Crippen LogP contribution in [0.1, 0.15) is 5.82 Å². The molecule has 0 radical (unpaired) electrons. The molecule has 1 aromatic heterocycles. The number of hydrogen-bond donors (Lipinski definition) is 3. The van der Waals surface area contributed by atoms with Gasteiger partial charge in [0.05, 0.1) is 6.42 Å². The number of primary amides is 1. The molecule has 54 valence electrons. The summed E-state index contributed by atoms with van der Waals surface area (Å²) in [6, 6.07) is 0. The van der Waals surface area contributed by atoms with E-state index in [1.807, 2.05) is 0 Å². The smallest absolute Gasteiger partial charge is 0.340 e. The summed E-state index contributed by atoms with van der Waals surface area (Å²) < 4.78 is 0. The lowest BCUT2D eigenvalue weighted by molar-refractivity contribution is -0.117. The first-order valence-electron chi connectivity index (χ1n) is 2.60. The molecule has 0 aliphatic carbocycles. The summed E-state index contributed by atoms with van der Waals surface area (Å²) in [5.74, 6) is -0.264. The Morgan fingerprint density at radius 2 is 2.40 bits per heavy atom. The van der Waals surface area contributed by atoms with Gasteiger partial charge in [-0.2, -0.15) is 5.10 Å². The number of carbonyl (C=O) groups excluding carboxylic acids is 1. The monoisotopic (exact) mass is 142 g/mol. The van der Waals surface area contributed by atoms with Crippen molar-refractivity contribution in [3.63, 3.8) is 0 Å². The van der Waals surface area contributed by atoms with Gasteiger partial charge in [0.25, 0.3) is 0 Å². The molecule has 0 fully saturated rings. The van der Waals surface area contributed by atoms with Gasteiger partial charge in [0.15, 0.2) is 0 Å². The zero-order valence-corrected chi connectivity index (χ0v) is 5.05. The molecular formula is C4H6N4O2. The van der Waals surface area contributed by atoms with Crippen LogP contribution in [0.2, 0.25) is 0 Å². The van der Waals surface area contributed by atoms with E-state index in [4.69, 9.17) is 5.73 Å². The number of hydrogen-bond acceptors (Lipinski definition) is 3. The molecule has 0 atom stereocenters. The maximum atomic E-state index is 10.3. The molecule has 0 aliphatic rings. The second kappa shape index (κ2) is 2.34. The number of aromatic amines is 2. The molecule has 1 heterocycles. The van der Waals surface area contributed by atoms with Crippen LogP contribution < -0.4 is 11.4 Å². The number of nitrogens with zero attached hydrogens (tertiary/aromatic N) is 1. The SMILES string of the molecule is NC(=O)Cc1n[nH]c(=O)[nH]1. The average Bonchev–Trinajstić information content (AvgIpc) is 2.13. The van der Waals surface area contributed by atoms with Gasteiger partial charge in [-0.25, -0.2) is 9.89 Å². The maximum Gasteiger partial charge on any atom is 0.340 e. The van der Waals surface area contributed by atoms with Crippen molar-refractivity contribution in [1.29, 1.82) is 0 Å². The normalized spacial score (nSPS) is 9.60. The summed E-state index contributed by atoms with van der Waals surface area (Å²) in [5.41, 5.74) is 4.38. The maximum absolute atomic E-state index is 10.3. The Labute approximate surface area is 55.4 Å². The van der Waals surface area contributed by atoms with Crippen LogP contribution in [0.25, 0.3) is 0 Å². The van der Waals surface area contributed by atoms with Crippen LogP contribution >= 0.6 is 0 Å². The van der Waals surface area contributed by atoms with Crippen LogP contribution in [0, 0.1) is 0 Å². The van der Waals surface area contributed by atoms with Crippen molar-refractivity contribution in [2.24, 2.45) is 5.73 Å². The van der Waals surface area contributed by atoms with Crippen molar-refractivity contribution < 1.29 is 4.79 Å². The molecule has 0 aromatic carbocycles. The number of carbonyl (C=O) groups is 1. The molecule has 0 saturated heterocycles. The summed E-state index contributed by atoms with van der Waals surface area (Å²) in [7, 11) is 0. The predicted octanol–water partition coefficient (Wildman–Crippen LogP) is -1.87. The van der Waals surface area contributed by atoms with E-state index in [2.05, 4.69) is 15.2 Å². The summed E-state index contributed by atoms with van der Waals surface area (Å²) >= 11 is 0. The molecule has 4 N–H and O–H groups in total. The first-order chi connectivity index (χ1) is 4.68. The molecule has 1 amide bonds. The molecular weight excluding hydrogens is 136 g/mol. The Balaban J connectivity index is 2.76. The molecule has 0 aliphatic heterocycles. The Hall–Kier alpha value is -1.59. The first kappa shape index (κ1) is 6.53. The Kier molecular flexibility index (Phi) is 1.53. The lowest BCUT2D eigenvalue weighted by Crippen LogP contribution is -2.15. The van der Waals surface area contributed by atoms with Crippen molar-refractivity contribution in [2.75, 3.05) is 0 Å². The number of rotatable bonds is 2. The van der Waals surface area contributed by atoms with Crippen LogP contribution in [-0.4, -0.2) is 21.1 Å². The van der Waals surface area contributed by atoms with E-state index in [9.17, 15) is 9.59 Å². The molecule has 0 unspecified atom stereocenters. The highest BCUT2D eigenvalue weighted by molar-refractivity contribution is 5.75. The van der Waals surface area contributed by atoms with Gasteiger partial charge < -0.3 is 5.73 Å². The fourth-order valence-electron chi connectivity index (χ4n) is 0.554. The van der Waals surface area contributed by atoms with Crippen LogP contribution in [0.3, 0.4) is 0 Å². The second-order valence-corrected chi connectivity index (χ2v) is 1.77. The van der Waals surface area contributed by atoms with E-state index in [1.54, 1.807) is 0 Å². The quantitative estimate of drug-likeness (QED) is 0.450. The van der Waals surface area contributed by atoms with Gasteiger partial charge in [0, 0.05) is 0 Å². The molecule has 10 heavy (non-hydrogen) atoms. The minimum absolute atomic E-state index is 0.0429. The lowest BCUT2D eigenvalue weighted by atomic mass is 10.4. The van der Waals surface area contributed by atoms with Crippen molar-refractivity contribution in [1.82, 2.24) is 15.2 Å². The van der Waals surface area contributed by atoms with Gasteiger partial charge in [-0.3, -0.25) is 9.78 Å². The summed E-state index contributed by atoms with van der Waals surface area (Å²) in [6.07, 6.45) is -0.0429. The Bertz CT molecular complexity index is 285. The molecule has 0 saturated carbocycles. The third kappa shape index (κ3) is 1.44. The minimum Gasteiger partial charge on any atom is -0.369 e. The lowest BCUT2D eigenvalue weighted by Gasteiger charge is -1.84. The third-order valence-corrected chi connectivity index (χ3v) is 0.892. The van der Waals surface area contributed by atoms with Crippen LogP contribution in [-0.2, 0) is 11.2 Å². The minimum atomic E-state index is -0.525. The third-order valence-electron chi connectivity index (χ3n) is 0.892. The highest BCUT2D eigenvalue weighted by Crippen LogP contribution is 1.80. The predicted molar refractivity (Wildman–Crippen MR) is 32.1 cm³/mol. The van der Waals surface area contributed by atoms with Gasteiger partial charge in [0.1, 0.15) is 5.82 Å². The summed E-state index contributed by atoms with van der Waals surface area (Å²) in [6.45, 7) is 0. The van der Waals surface area contributed by atoms with E-state index < -0.39 is 11.6 Å². The average molecular weight is 142 g/mol. The number of nitrogens with one attached hydrogen (secondary N) is 2. The second-order valence-electron chi connectivity index (χ2n) is 1.77. The molecule has 0 bridgehead atoms. The van der Waals surface area contributed by atoms with Crippen molar-refractivity contribution in [2.45, 2.75) is 6.42 Å². The topological polar surface area (TPSA) is 105 Å². The highest BCUT2D eigenvalue weighted by Gasteiger charge is 2.00. The van der Waals surface area contributed by atoms with Gasteiger partial charge in [-0.1, -0.05) is 0 Å². The van der Waals surface area contributed by atoms with E-state index in [0.29, 0.717) is 0 Å². The van der Waals surface area contributed by atoms with Crippen LogP contribution in [0.4, 0.5) is 0 Å². The van der Waals surface area contributed by atoms with E-state index in [-0.39, 0.29) is 12.2 Å². The highest BCUT2D eigenvalue weighted by atomic mass is 16.1.